The van der Waals surface area contributed by atoms with E-state index in [9.17, 15) is 33.5 Å². The molecule has 2 aliphatic carbocycles. The number of H-pyrrole nitrogens is 1. The molecule has 3 aromatic carbocycles. The fourth-order valence-electron chi connectivity index (χ4n) is 13.1. The van der Waals surface area contributed by atoms with Gasteiger partial charge in [-0.15, -0.1) is 0 Å². The number of hydrogen-bond acceptors (Lipinski definition) is 14. The van der Waals surface area contributed by atoms with Crippen molar-refractivity contribution >= 4 is 55.4 Å². The van der Waals surface area contributed by atoms with E-state index in [0.29, 0.717) is 80.3 Å². The van der Waals surface area contributed by atoms with E-state index >= 15 is 0 Å². The van der Waals surface area contributed by atoms with E-state index < -0.39 is 48.7 Å². The van der Waals surface area contributed by atoms with Gasteiger partial charge < -0.3 is 39.8 Å². The number of piperidine rings is 2. The Labute approximate surface area is 433 Å². The summed E-state index contributed by atoms with van der Waals surface area (Å²) in [5, 5.41) is 38.1. The van der Waals surface area contributed by atoms with Crippen molar-refractivity contribution in [1.29, 1.82) is 0 Å². The molecule has 0 bridgehead atoms. The van der Waals surface area contributed by atoms with Gasteiger partial charge in [0.1, 0.15) is 23.1 Å². The van der Waals surface area contributed by atoms with Crippen LogP contribution in [-0.2, 0) is 14.8 Å². The van der Waals surface area contributed by atoms with Crippen LogP contribution in [0.2, 0.25) is 0 Å². The third-order valence-corrected chi connectivity index (χ3v) is 18.8. The second kappa shape index (κ2) is 19.4. The Kier molecular flexibility index (Phi) is 13.2. The van der Waals surface area contributed by atoms with E-state index in [-0.39, 0.29) is 34.7 Å². The Morgan fingerprint density at radius 2 is 1.69 bits per heavy atom. The largest absolute Gasteiger partial charge is 0.468 e. The number of nitro groups is 1. The number of carbonyl (C=O) groups is 1. The third-order valence-electron chi connectivity index (χ3n) is 17.5. The molecule has 5 fully saturated rings. The van der Waals surface area contributed by atoms with Gasteiger partial charge in [-0.2, -0.15) is 4.98 Å². The first-order chi connectivity index (χ1) is 35.3. The first-order valence-electron chi connectivity index (χ1n) is 26.6. The second-order valence-corrected chi connectivity index (χ2v) is 24.8. The van der Waals surface area contributed by atoms with Crippen molar-refractivity contribution < 1.29 is 37.8 Å². The maximum absolute atomic E-state index is 14.7. The number of nitrogens with zero attached hydrogens (tertiary/aromatic N) is 5. The zero-order chi connectivity index (χ0) is 51.7. The van der Waals surface area contributed by atoms with Gasteiger partial charge in [-0.25, -0.2) is 13.1 Å². The molecule has 2 saturated carbocycles. The van der Waals surface area contributed by atoms with Crippen LogP contribution in [0.15, 0.2) is 83.9 Å². The minimum Gasteiger partial charge on any atom is -0.468 e. The summed E-state index contributed by atoms with van der Waals surface area (Å²) in [5.41, 5.74) is 3.97. The van der Waals surface area contributed by atoms with Crippen LogP contribution in [0, 0.1) is 21.4 Å². The predicted octanol–water partition coefficient (Wildman–Crippen LogP) is 9.09. The smallest absolute Gasteiger partial charge is 0.293 e. The van der Waals surface area contributed by atoms with Crippen LogP contribution in [0.5, 0.6) is 5.88 Å². The van der Waals surface area contributed by atoms with E-state index in [1.165, 1.54) is 23.3 Å². The number of carbonyl (C=O) groups excluding carboxylic acids is 1. The molecule has 5 aromatic rings. The molecule has 0 unspecified atom stereocenters. The average molecular weight is 1030 g/mol. The number of fused-ring (bicyclic) bond motifs is 3. The Morgan fingerprint density at radius 1 is 0.919 bits per heavy atom. The third kappa shape index (κ3) is 9.83. The van der Waals surface area contributed by atoms with Crippen molar-refractivity contribution in [2.45, 2.75) is 145 Å². The number of likely N-dealkylation sites (tertiary alicyclic amines) is 1. The van der Waals surface area contributed by atoms with Gasteiger partial charge in [0.05, 0.1) is 44.9 Å². The van der Waals surface area contributed by atoms with Gasteiger partial charge in [0.2, 0.25) is 5.88 Å². The van der Waals surface area contributed by atoms with Crippen molar-refractivity contribution in [3.63, 3.8) is 0 Å². The fraction of sp³-hybridized carbons (Fsp3) is 0.536. The number of anilines is 4. The molecule has 74 heavy (non-hydrogen) atoms. The zero-order valence-corrected chi connectivity index (χ0v) is 43.7. The number of amides is 1. The number of aromatic amines is 1. The van der Waals surface area contributed by atoms with Crippen molar-refractivity contribution in [2.75, 3.05) is 54.5 Å². The summed E-state index contributed by atoms with van der Waals surface area (Å²) in [7, 11) is -4.63. The average Bonchev–Trinajstić information content (AvgIpc) is 3.83. The fourth-order valence-corrected chi connectivity index (χ4v) is 14.1. The molecule has 18 heteroatoms. The molecule has 6 aliphatic rings. The van der Waals surface area contributed by atoms with Gasteiger partial charge in [0.25, 0.3) is 21.6 Å². The normalized spacial score (nSPS) is 27.3. The van der Waals surface area contributed by atoms with Crippen molar-refractivity contribution in [3.05, 3.63) is 106 Å². The highest BCUT2D eigenvalue weighted by Gasteiger charge is 2.51. The molecule has 0 radical (unpaired) electrons. The summed E-state index contributed by atoms with van der Waals surface area (Å²) >= 11 is 0. The van der Waals surface area contributed by atoms with Crippen LogP contribution >= 0.6 is 0 Å². The van der Waals surface area contributed by atoms with Gasteiger partial charge >= 0.3 is 0 Å². The number of rotatable bonds is 12. The summed E-state index contributed by atoms with van der Waals surface area (Å²) in [5.74, 6) is 0.0492. The van der Waals surface area contributed by atoms with Gasteiger partial charge in [0.15, 0.2) is 0 Å². The summed E-state index contributed by atoms with van der Waals surface area (Å²) in [6.45, 7) is 11.9. The Balaban J connectivity index is 0.865. The number of aliphatic hydroxyl groups is 2. The number of benzene rings is 3. The van der Waals surface area contributed by atoms with Crippen LogP contribution in [0.25, 0.3) is 11.0 Å². The highest BCUT2D eigenvalue weighted by atomic mass is 32.2. The zero-order valence-electron chi connectivity index (χ0n) is 42.9. The molecule has 6 heterocycles. The molecule has 17 nitrogen and oxygen atoms in total. The molecule has 3 saturated heterocycles. The minimum atomic E-state index is -4.63. The molecule has 4 atom stereocenters. The first kappa shape index (κ1) is 50.4. The lowest BCUT2D eigenvalue weighted by molar-refractivity contribution is -0.384. The molecule has 2 aromatic heterocycles. The molecular formula is C56H70N8O9S. The predicted molar refractivity (Wildman–Crippen MR) is 284 cm³/mol. The molecule has 11 rings (SSSR count). The van der Waals surface area contributed by atoms with Crippen LogP contribution in [-0.4, -0.2) is 113 Å². The van der Waals surface area contributed by atoms with Gasteiger partial charge in [0, 0.05) is 68.2 Å². The highest BCUT2D eigenvalue weighted by molar-refractivity contribution is 7.90. The van der Waals surface area contributed by atoms with E-state index in [2.05, 4.69) is 67.8 Å². The molecule has 4 aliphatic heterocycles. The molecule has 5 N–H and O–H groups in total. The minimum absolute atomic E-state index is 0.105. The molecule has 1 spiro atoms. The number of nitro benzene ring substituents is 1. The number of aromatic nitrogens is 2. The maximum Gasteiger partial charge on any atom is 0.293 e. The van der Waals surface area contributed by atoms with Crippen molar-refractivity contribution in [2.24, 2.45) is 11.3 Å². The lowest BCUT2D eigenvalue weighted by atomic mass is 9.59. The number of pyridine rings is 1. The van der Waals surface area contributed by atoms with Gasteiger partial charge in [-0.05, 0) is 155 Å². The summed E-state index contributed by atoms with van der Waals surface area (Å²) in [6, 6.07) is 22.1. The highest BCUT2D eigenvalue weighted by Crippen LogP contribution is 2.55. The topological polar surface area (TPSA) is 216 Å². The van der Waals surface area contributed by atoms with Gasteiger partial charge in [-0.3, -0.25) is 19.8 Å². The standard InChI is InChI=1S/C56H70N8O9S/c1-35(2)41-7-5-6-8-42(41)49-32-55(4,67)19-25-62(49)39-30-56(31-39)20-23-61(24-21-56)38-9-11-43(46(28-38)63-45-16-26-72-34-50(45)73-53-48(63)27-37-15-22-57-51(37)59-53)52(65)60-74(70,71)40-10-12-44(47(29-40)64(68)69)58-33-36-13-17-54(3,66)18-14-36/h5-12,15,22,27-29,35-36,39,45,49-50,58,66-67H,13-14,16-21,23-26,30-34H2,1-4H3,(H,57,59)(H,60,65)/t36?,45-,49-,50-,54?,55+/m0/s1. The molecular weight excluding hydrogens is 961 g/mol. The summed E-state index contributed by atoms with van der Waals surface area (Å²) in [4.78, 5) is 41.2. The summed E-state index contributed by atoms with van der Waals surface area (Å²) < 4.78 is 43.1. The second-order valence-electron chi connectivity index (χ2n) is 23.1. The van der Waals surface area contributed by atoms with Crippen LogP contribution in [0.3, 0.4) is 0 Å². The Morgan fingerprint density at radius 3 is 2.45 bits per heavy atom. The van der Waals surface area contributed by atoms with Crippen molar-refractivity contribution in [1.82, 2.24) is 19.6 Å². The molecule has 394 valence electrons. The monoisotopic (exact) mass is 1030 g/mol. The van der Waals surface area contributed by atoms with Crippen LogP contribution in [0.1, 0.15) is 132 Å². The lowest BCUT2D eigenvalue weighted by Crippen LogP contribution is -2.58. The lowest BCUT2D eigenvalue weighted by Gasteiger charge is -2.58. The number of hydrogen-bond donors (Lipinski definition) is 5. The van der Waals surface area contributed by atoms with E-state index in [0.717, 1.165) is 81.7 Å². The molecule has 1 amide bonds. The van der Waals surface area contributed by atoms with E-state index in [1.807, 2.05) is 38.1 Å². The quantitative estimate of drug-likeness (QED) is 0.0582. The number of sulfonamides is 1. The van der Waals surface area contributed by atoms with Crippen LogP contribution < -0.4 is 24.6 Å². The van der Waals surface area contributed by atoms with E-state index in [4.69, 9.17) is 14.5 Å². The summed E-state index contributed by atoms with van der Waals surface area (Å²) in [6.07, 6.45) is 10.4. The number of nitrogens with one attached hydrogen (secondary N) is 3. The SMILES string of the molecule is CC(C)c1ccccc1[C@@H]1C[C@](C)(O)CCN1C1CC2(CCN(c3ccc(C(=O)NS(=O)(=O)c4ccc(NCC5CCC(C)(O)CC5)c([N+](=O)[O-])c4)c(N4c5cc6cc[nH]c6nc5O[C@H]5COCC[C@@H]54)c3)CC2)C1. The van der Waals surface area contributed by atoms with Gasteiger partial charge in [-0.1, -0.05) is 38.1 Å². The maximum atomic E-state index is 14.7. The van der Waals surface area contributed by atoms with Crippen LogP contribution in [0.4, 0.5) is 28.4 Å². The number of ether oxygens (including phenoxy) is 2. The van der Waals surface area contributed by atoms with Crippen molar-refractivity contribution in [3.8, 4) is 5.88 Å². The first-order valence-corrected chi connectivity index (χ1v) is 28.1. The van der Waals surface area contributed by atoms with E-state index in [1.54, 1.807) is 12.3 Å². The Bertz CT molecular complexity index is 3040. The Hall–Kier alpha value is -5.79.